The number of nitrogens with zero attached hydrogens (tertiary/aromatic N) is 1. The molecular formula is C14H21N3O. The van der Waals surface area contributed by atoms with E-state index in [1.165, 1.54) is 5.56 Å². The van der Waals surface area contributed by atoms with E-state index in [-0.39, 0.29) is 5.91 Å². The standard InChI is InChI=1S/C14H21N3O/c1-10-8-13(15)6-7-17(10)9-11-2-4-12(5-3-11)14(16)18/h2-5,10,13H,6-9,15H2,1H3,(H2,16,18). The number of primary amides is 1. The first kappa shape index (κ1) is 13.1. The van der Waals surface area contributed by atoms with Gasteiger partial charge in [0.15, 0.2) is 0 Å². The fourth-order valence-corrected chi connectivity index (χ4v) is 2.50. The molecule has 0 aromatic heterocycles. The molecule has 2 unspecified atom stereocenters. The highest BCUT2D eigenvalue weighted by Crippen LogP contribution is 2.18. The molecule has 0 spiro atoms. The molecule has 2 atom stereocenters. The lowest BCUT2D eigenvalue weighted by molar-refractivity contribution is 0.1000. The Bertz CT molecular complexity index is 416. The van der Waals surface area contributed by atoms with Gasteiger partial charge in [-0.3, -0.25) is 9.69 Å². The Kier molecular flexibility index (Phi) is 3.99. The third-order valence-electron chi connectivity index (χ3n) is 3.68. The van der Waals surface area contributed by atoms with Gasteiger partial charge in [0, 0.05) is 30.7 Å². The van der Waals surface area contributed by atoms with Gasteiger partial charge in [0.2, 0.25) is 5.91 Å². The van der Waals surface area contributed by atoms with E-state index in [0.717, 1.165) is 25.9 Å². The van der Waals surface area contributed by atoms with Crippen LogP contribution in [0.2, 0.25) is 0 Å². The van der Waals surface area contributed by atoms with Crippen molar-refractivity contribution < 1.29 is 4.79 Å². The van der Waals surface area contributed by atoms with E-state index in [9.17, 15) is 4.79 Å². The minimum Gasteiger partial charge on any atom is -0.366 e. The molecule has 4 N–H and O–H groups in total. The number of nitrogens with two attached hydrogens (primary N) is 2. The molecule has 1 aromatic rings. The lowest BCUT2D eigenvalue weighted by atomic mass is 9.98. The van der Waals surface area contributed by atoms with Crippen LogP contribution in [0.15, 0.2) is 24.3 Å². The smallest absolute Gasteiger partial charge is 0.248 e. The van der Waals surface area contributed by atoms with Crippen LogP contribution >= 0.6 is 0 Å². The van der Waals surface area contributed by atoms with E-state index < -0.39 is 0 Å². The summed E-state index contributed by atoms with van der Waals surface area (Å²) in [4.78, 5) is 13.4. The van der Waals surface area contributed by atoms with E-state index in [4.69, 9.17) is 11.5 Å². The predicted octanol–water partition coefficient (Wildman–Crippen LogP) is 1.10. The van der Waals surface area contributed by atoms with Gasteiger partial charge in [-0.2, -0.15) is 0 Å². The monoisotopic (exact) mass is 247 g/mol. The van der Waals surface area contributed by atoms with Crippen molar-refractivity contribution in [1.29, 1.82) is 0 Å². The first-order valence-corrected chi connectivity index (χ1v) is 6.44. The lowest BCUT2D eigenvalue weighted by Gasteiger charge is -2.36. The summed E-state index contributed by atoms with van der Waals surface area (Å²) in [5.41, 5.74) is 13.0. The molecule has 1 heterocycles. The SMILES string of the molecule is CC1CC(N)CCN1Cc1ccc(C(N)=O)cc1. The second kappa shape index (κ2) is 5.50. The number of benzene rings is 1. The summed E-state index contributed by atoms with van der Waals surface area (Å²) >= 11 is 0. The Morgan fingerprint density at radius 1 is 1.39 bits per heavy atom. The number of likely N-dealkylation sites (tertiary alicyclic amines) is 1. The van der Waals surface area contributed by atoms with Crippen LogP contribution in [0.3, 0.4) is 0 Å². The van der Waals surface area contributed by atoms with E-state index in [1.807, 2.05) is 12.1 Å². The van der Waals surface area contributed by atoms with Crippen LogP contribution in [0.4, 0.5) is 0 Å². The van der Waals surface area contributed by atoms with Crippen molar-refractivity contribution >= 4 is 5.91 Å². The normalized spacial score (nSPS) is 25.0. The fourth-order valence-electron chi connectivity index (χ4n) is 2.50. The average Bonchev–Trinajstić information content (AvgIpc) is 2.33. The van der Waals surface area contributed by atoms with Crippen molar-refractivity contribution in [3.8, 4) is 0 Å². The van der Waals surface area contributed by atoms with Crippen LogP contribution in [0.1, 0.15) is 35.7 Å². The number of amides is 1. The molecule has 0 aliphatic carbocycles. The van der Waals surface area contributed by atoms with Gasteiger partial charge in [-0.1, -0.05) is 12.1 Å². The number of rotatable bonds is 3. The third kappa shape index (κ3) is 3.09. The molecule has 2 rings (SSSR count). The Balaban J connectivity index is 1.99. The summed E-state index contributed by atoms with van der Waals surface area (Å²) in [6.07, 6.45) is 2.11. The van der Waals surface area contributed by atoms with Crippen LogP contribution in [0.5, 0.6) is 0 Å². The zero-order valence-electron chi connectivity index (χ0n) is 10.8. The molecule has 1 aliphatic rings. The van der Waals surface area contributed by atoms with Gasteiger partial charge in [-0.05, 0) is 37.5 Å². The summed E-state index contributed by atoms with van der Waals surface area (Å²) in [6, 6.07) is 8.39. The van der Waals surface area contributed by atoms with E-state index in [2.05, 4.69) is 11.8 Å². The summed E-state index contributed by atoms with van der Waals surface area (Å²) in [6.45, 7) is 4.17. The Morgan fingerprint density at radius 2 is 2.06 bits per heavy atom. The van der Waals surface area contributed by atoms with Crippen molar-refractivity contribution in [1.82, 2.24) is 4.90 Å². The molecule has 1 amide bonds. The van der Waals surface area contributed by atoms with Crippen molar-refractivity contribution in [2.45, 2.75) is 38.4 Å². The molecule has 0 saturated carbocycles. The molecule has 1 aliphatic heterocycles. The van der Waals surface area contributed by atoms with Crippen molar-refractivity contribution in [3.05, 3.63) is 35.4 Å². The first-order valence-electron chi connectivity index (χ1n) is 6.44. The number of hydrogen-bond acceptors (Lipinski definition) is 3. The van der Waals surface area contributed by atoms with Crippen molar-refractivity contribution in [3.63, 3.8) is 0 Å². The Hall–Kier alpha value is -1.39. The zero-order valence-corrected chi connectivity index (χ0v) is 10.8. The van der Waals surface area contributed by atoms with Gasteiger partial charge in [0.25, 0.3) is 0 Å². The highest BCUT2D eigenvalue weighted by Gasteiger charge is 2.22. The predicted molar refractivity (Wildman–Crippen MR) is 72.0 cm³/mol. The average molecular weight is 247 g/mol. The maximum absolute atomic E-state index is 11.0. The number of piperidine rings is 1. The molecule has 18 heavy (non-hydrogen) atoms. The number of carbonyl (C=O) groups excluding carboxylic acids is 1. The zero-order chi connectivity index (χ0) is 13.1. The molecule has 0 bridgehead atoms. The number of carbonyl (C=O) groups is 1. The van der Waals surface area contributed by atoms with Gasteiger partial charge in [0.1, 0.15) is 0 Å². The Morgan fingerprint density at radius 3 is 2.61 bits per heavy atom. The minimum absolute atomic E-state index is 0.341. The molecule has 4 nitrogen and oxygen atoms in total. The second-order valence-corrected chi connectivity index (χ2v) is 5.17. The quantitative estimate of drug-likeness (QED) is 0.840. The molecule has 4 heteroatoms. The van der Waals surface area contributed by atoms with Gasteiger partial charge < -0.3 is 11.5 Å². The molecule has 1 saturated heterocycles. The fraction of sp³-hybridized carbons (Fsp3) is 0.500. The highest BCUT2D eigenvalue weighted by molar-refractivity contribution is 5.92. The largest absolute Gasteiger partial charge is 0.366 e. The summed E-state index contributed by atoms with van der Waals surface area (Å²) < 4.78 is 0. The summed E-state index contributed by atoms with van der Waals surface area (Å²) in [5.74, 6) is -0.376. The van der Waals surface area contributed by atoms with Gasteiger partial charge in [-0.25, -0.2) is 0 Å². The van der Waals surface area contributed by atoms with Gasteiger partial charge >= 0.3 is 0 Å². The van der Waals surface area contributed by atoms with Crippen LogP contribution in [-0.4, -0.2) is 29.4 Å². The van der Waals surface area contributed by atoms with Crippen LogP contribution in [0, 0.1) is 0 Å². The maximum Gasteiger partial charge on any atom is 0.248 e. The highest BCUT2D eigenvalue weighted by atomic mass is 16.1. The van der Waals surface area contributed by atoms with Crippen molar-refractivity contribution in [2.24, 2.45) is 11.5 Å². The van der Waals surface area contributed by atoms with Crippen LogP contribution in [0.25, 0.3) is 0 Å². The van der Waals surface area contributed by atoms with E-state index >= 15 is 0 Å². The molecule has 1 aromatic carbocycles. The van der Waals surface area contributed by atoms with Crippen LogP contribution in [-0.2, 0) is 6.54 Å². The van der Waals surface area contributed by atoms with Gasteiger partial charge in [-0.15, -0.1) is 0 Å². The van der Waals surface area contributed by atoms with Gasteiger partial charge in [0.05, 0.1) is 0 Å². The lowest BCUT2D eigenvalue weighted by Crippen LogP contribution is -2.44. The maximum atomic E-state index is 11.0. The molecule has 0 radical (unpaired) electrons. The third-order valence-corrected chi connectivity index (χ3v) is 3.68. The summed E-state index contributed by atoms with van der Waals surface area (Å²) in [7, 11) is 0. The van der Waals surface area contributed by atoms with Crippen LogP contribution < -0.4 is 11.5 Å². The minimum atomic E-state index is -0.376. The van der Waals surface area contributed by atoms with E-state index in [1.54, 1.807) is 12.1 Å². The van der Waals surface area contributed by atoms with E-state index in [0.29, 0.717) is 17.6 Å². The molecule has 1 fully saturated rings. The topological polar surface area (TPSA) is 72.3 Å². The first-order chi connectivity index (χ1) is 8.56. The summed E-state index contributed by atoms with van der Waals surface area (Å²) in [5, 5.41) is 0. The second-order valence-electron chi connectivity index (χ2n) is 5.17. The molecular weight excluding hydrogens is 226 g/mol. The van der Waals surface area contributed by atoms with Crippen molar-refractivity contribution in [2.75, 3.05) is 6.54 Å². The molecule has 98 valence electrons. The number of hydrogen-bond donors (Lipinski definition) is 2. The Labute approximate surface area is 108 Å².